The third-order valence-corrected chi connectivity index (χ3v) is 6.13. The minimum atomic E-state index is -0.976. The van der Waals surface area contributed by atoms with Gasteiger partial charge in [0.2, 0.25) is 0 Å². The molecule has 2 amide bonds. The van der Waals surface area contributed by atoms with Crippen molar-refractivity contribution in [3.8, 4) is 11.5 Å². The van der Waals surface area contributed by atoms with Gasteiger partial charge in [-0.1, -0.05) is 44.9 Å². The number of urea groups is 1. The van der Waals surface area contributed by atoms with E-state index in [0.717, 1.165) is 24.0 Å². The van der Waals surface area contributed by atoms with Gasteiger partial charge in [-0.15, -0.1) is 0 Å². The molecule has 0 bridgehead atoms. The predicted molar refractivity (Wildman–Crippen MR) is 141 cm³/mol. The van der Waals surface area contributed by atoms with Gasteiger partial charge < -0.3 is 29.5 Å². The molecule has 0 aliphatic carbocycles. The Morgan fingerprint density at radius 3 is 2.33 bits per heavy atom. The quantitative estimate of drug-likeness (QED) is 0.341. The minimum absolute atomic E-state index is 0.194. The van der Waals surface area contributed by atoms with Crippen LogP contribution in [-0.2, 0) is 16.0 Å². The van der Waals surface area contributed by atoms with Crippen molar-refractivity contribution < 1.29 is 28.9 Å². The average Bonchev–Trinajstić information content (AvgIpc) is 2.86. The molecule has 0 aromatic heterocycles. The maximum absolute atomic E-state index is 13.2. The monoisotopic (exact) mass is 500 g/mol. The van der Waals surface area contributed by atoms with E-state index in [0.29, 0.717) is 49.4 Å². The van der Waals surface area contributed by atoms with Crippen molar-refractivity contribution in [1.82, 2.24) is 4.90 Å². The first-order valence-electron chi connectivity index (χ1n) is 12.6. The van der Waals surface area contributed by atoms with Crippen molar-refractivity contribution >= 4 is 17.7 Å². The predicted octanol–water partition coefficient (Wildman–Crippen LogP) is 5.38. The summed E-state index contributed by atoms with van der Waals surface area (Å²) in [5.74, 6) is 0.686. The fourth-order valence-corrected chi connectivity index (χ4v) is 3.88. The second-order valence-electron chi connectivity index (χ2n) is 8.74. The summed E-state index contributed by atoms with van der Waals surface area (Å²) in [4.78, 5) is 26.3. The summed E-state index contributed by atoms with van der Waals surface area (Å²) in [5.41, 5.74) is 2.52. The van der Waals surface area contributed by atoms with Crippen LogP contribution in [0.4, 0.5) is 10.5 Å². The van der Waals surface area contributed by atoms with E-state index in [1.165, 1.54) is 0 Å². The lowest BCUT2D eigenvalue weighted by atomic mass is 10.0. The second kappa shape index (κ2) is 15.0. The van der Waals surface area contributed by atoms with E-state index < -0.39 is 12.1 Å². The summed E-state index contributed by atoms with van der Waals surface area (Å²) in [6.07, 6.45) is 1.38. The topological polar surface area (TPSA) is 97.3 Å². The van der Waals surface area contributed by atoms with Crippen LogP contribution < -0.4 is 14.8 Å². The van der Waals surface area contributed by atoms with Crippen LogP contribution in [-0.4, -0.2) is 61.5 Å². The zero-order chi connectivity index (χ0) is 26.5. The van der Waals surface area contributed by atoms with Crippen molar-refractivity contribution in [3.63, 3.8) is 0 Å². The van der Waals surface area contributed by atoms with Crippen LogP contribution in [0, 0.1) is 12.8 Å². The molecular weight excluding hydrogens is 460 g/mol. The molecule has 2 N–H and O–H groups in total. The minimum Gasteiger partial charge on any atom is -0.495 e. The van der Waals surface area contributed by atoms with Gasteiger partial charge in [-0.3, -0.25) is 0 Å². The Morgan fingerprint density at radius 1 is 1.06 bits per heavy atom. The number of nitrogens with one attached hydrogen (secondary N) is 1. The van der Waals surface area contributed by atoms with Gasteiger partial charge in [0.1, 0.15) is 18.1 Å². The molecular formula is C28H40N2O6. The fraction of sp³-hybridized carbons (Fsp3) is 0.500. The summed E-state index contributed by atoms with van der Waals surface area (Å²) < 4.78 is 16.6. The number of carboxylic acids is 1. The largest absolute Gasteiger partial charge is 0.495 e. The summed E-state index contributed by atoms with van der Waals surface area (Å²) in [7, 11) is 1.58. The fourth-order valence-electron chi connectivity index (χ4n) is 3.88. The van der Waals surface area contributed by atoms with Gasteiger partial charge in [-0.2, -0.15) is 0 Å². The smallest absolute Gasteiger partial charge is 0.333 e. The molecule has 0 fully saturated rings. The van der Waals surface area contributed by atoms with Gasteiger partial charge in [0.05, 0.1) is 19.3 Å². The molecule has 1 atom stereocenters. The third-order valence-electron chi connectivity index (χ3n) is 6.13. The molecule has 2 aromatic carbocycles. The van der Waals surface area contributed by atoms with Crippen LogP contribution in [0.25, 0.3) is 0 Å². The summed E-state index contributed by atoms with van der Waals surface area (Å²) in [6.45, 7) is 9.72. The highest BCUT2D eigenvalue weighted by Gasteiger charge is 2.20. The number of carbonyl (C=O) groups is 2. The van der Waals surface area contributed by atoms with Gasteiger partial charge in [0.25, 0.3) is 0 Å². The molecule has 36 heavy (non-hydrogen) atoms. The number of hydrogen-bond donors (Lipinski definition) is 2. The molecule has 0 heterocycles. The maximum atomic E-state index is 13.2. The van der Waals surface area contributed by atoms with E-state index in [9.17, 15) is 14.7 Å². The number of amides is 2. The lowest BCUT2D eigenvalue weighted by molar-refractivity contribution is -0.149. The Morgan fingerprint density at radius 2 is 1.75 bits per heavy atom. The summed E-state index contributed by atoms with van der Waals surface area (Å²) >= 11 is 0. The maximum Gasteiger partial charge on any atom is 0.333 e. The molecule has 0 aliphatic rings. The zero-order valence-corrected chi connectivity index (χ0v) is 22.1. The number of anilines is 1. The number of aliphatic carboxylic acids is 1. The molecule has 2 rings (SSSR count). The number of ether oxygens (including phenoxy) is 3. The first kappa shape index (κ1) is 29.0. The standard InChI is InChI=1S/C28H40N2O6/c1-6-21(7-2)19-30(28(33)29-24-17-20(4)9-14-25(24)34-5)15-16-36-23-12-10-22(11-13-23)18-26(27(31)32)35-8-3/h9-14,17,21,26H,6-8,15-16,18-19H2,1-5H3,(H,29,33)(H,31,32). The van der Waals surface area contributed by atoms with Crippen molar-refractivity contribution in [2.45, 2.75) is 53.1 Å². The number of hydrogen-bond acceptors (Lipinski definition) is 5. The van der Waals surface area contributed by atoms with Crippen LogP contribution in [0.5, 0.6) is 11.5 Å². The number of nitrogens with zero attached hydrogens (tertiary/aromatic N) is 1. The first-order chi connectivity index (χ1) is 17.3. The Labute approximate surface area is 214 Å². The van der Waals surface area contributed by atoms with Crippen molar-refractivity contribution in [1.29, 1.82) is 0 Å². The van der Waals surface area contributed by atoms with Crippen LogP contribution in [0.2, 0.25) is 0 Å². The summed E-state index contributed by atoms with van der Waals surface area (Å²) in [6, 6.07) is 12.8. The molecule has 0 aliphatic heterocycles. The lowest BCUT2D eigenvalue weighted by Gasteiger charge is -2.27. The van der Waals surface area contributed by atoms with Crippen molar-refractivity contribution in [2.24, 2.45) is 5.92 Å². The normalized spacial score (nSPS) is 11.7. The molecule has 8 heteroatoms. The number of aryl methyl sites for hydroxylation is 1. The average molecular weight is 501 g/mol. The Hall–Kier alpha value is -3.26. The third kappa shape index (κ3) is 9.07. The molecule has 1 unspecified atom stereocenters. The van der Waals surface area contributed by atoms with Crippen LogP contribution in [0.3, 0.4) is 0 Å². The summed E-state index contributed by atoms with van der Waals surface area (Å²) in [5, 5.41) is 12.3. The number of rotatable bonds is 15. The highest BCUT2D eigenvalue weighted by molar-refractivity contribution is 5.91. The van der Waals surface area contributed by atoms with Crippen LogP contribution >= 0.6 is 0 Å². The number of carbonyl (C=O) groups excluding carboxylic acids is 1. The number of methoxy groups -OCH3 is 1. The Kier molecular flexibility index (Phi) is 12.1. The molecule has 0 radical (unpaired) electrons. The first-order valence-corrected chi connectivity index (χ1v) is 12.6. The molecule has 8 nitrogen and oxygen atoms in total. The second-order valence-corrected chi connectivity index (χ2v) is 8.74. The van der Waals surface area contributed by atoms with E-state index in [1.54, 1.807) is 18.9 Å². The van der Waals surface area contributed by atoms with Gasteiger partial charge in [-0.25, -0.2) is 9.59 Å². The highest BCUT2D eigenvalue weighted by Crippen LogP contribution is 2.26. The van der Waals surface area contributed by atoms with Crippen LogP contribution in [0.15, 0.2) is 42.5 Å². The van der Waals surface area contributed by atoms with Gasteiger partial charge >= 0.3 is 12.0 Å². The van der Waals surface area contributed by atoms with Gasteiger partial charge in [-0.05, 0) is 55.2 Å². The Bertz CT molecular complexity index is 959. The van der Waals surface area contributed by atoms with E-state index in [-0.39, 0.29) is 12.5 Å². The van der Waals surface area contributed by atoms with E-state index >= 15 is 0 Å². The molecule has 0 spiro atoms. The highest BCUT2D eigenvalue weighted by atomic mass is 16.5. The van der Waals surface area contributed by atoms with E-state index in [4.69, 9.17) is 14.2 Å². The number of benzene rings is 2. The van der Waals surface area contributed by atoms with Crippen molar-refractivity contribution in [3.05, 3.63) is 53.6 Å². The van der Waals surface area contributed by atoms with Gasteiger partial charge in [0, 0.05) is 19.6 Å². The molecule has 0 saturated heterocycles. The molecule has 0 saturated carbocycles. The van der Waals surface area contributed by atoms with Gasteiger partial charge in [0.15, 0.2) is 6.10 Å². The molecule has 198 valence electrons. The van der Waals surface area contributed by atoms with Crippen molar-refractivity contribution in [2.75, 3.05) is 38.7 Å². The van der Waals surface area contributed by atoms with Crippen LogP contribution in [0.1, 0.15) is 44.7 Å². The lowest BCUT2D eigenvalue weighted by Crippen LogP contribution is -2.41. The SMILES string of the molecule is CCOC(Cc1ccc(OCCN(CC(CC)CC)C(=O)Nc2cc(C)ccc2OC)cc1)C(=O)O. The zero-order valence-electron chi connectivity index (χ0n) is 22.1. The van der Waals surface area contributed by atoms with E-state index in [2.05, 4.69) is 19.2 Å². The molecule has 2 aromatic rings. The Balaban J connectivity index is 2.02. The van der Waals surface area contributed by atoms with E-state index in [1.807, 2.05) is 49.4 Å². The number of carboxylic acid groups (broad SMARTS) is 1.